The Kier molecular flexibility index (Phi) is 5.47. The molecule has 3 aromatic rings. The second-order valence-corrected chi connectivity index (χ2v) is 7.16. The van der Waals surface area contributed by atoms with E-state index in [4.69, 9.17) is 9.84 Å². The lowest BCUT2D eigenvalue weighted by Gasteiger charge is -2.25. The number of carboxylic acid groups (broad SMARTS) is 1. The summed E-state index contributed by atoms with van der Waals surface area (Å²) < 4.78 is 5.14. The largest absolute Gasteiger partial charge is 0.507 e. The van der Waals surface area contributed by atoms with Gasteiger partial charge in [-0.3, -0.25) is 14.5 Å². The Morgan fingerprint density at radius 3 is 2.00 bits per heavy atom. The summed E-state index contributed by atoms with van der Waals surface area (Å²) in [6.45, 7) is 0. The fourth-order valence-corrected chi connectivity index (χ4v) is 3.72. The number of carbonyl (C=O) groups is 3. The van der Waals surface area contributed by atoms with E-state index in [1.54, 1.807) is 54.6 Å². The maximum absolute atomic E-state index is 13.1. The van der Waals surface area contributed by atoms with E-state index in [0.717, 1.165) is 0 Å². The van der Waals surface area contributed by atoms with Crippen molar-refractivity contribution in [2.24, 2.45) is 0 Å². The Morgan fingerprint density at radius 1 is 0.844 bits per heavy atom. The fraction of sp³-hybridized carbons (Fsp3) is 0.0800. The number of hydrogen-bond acceptors (Lipinski definition) is 5. The minimum Gasteiger partial charge on any atom is -0.507 e. The molecule has 0 spiro atoms. The number of aliphatic hydroxyl groups is 1. The van der Waals surface area contributed by atoms with Crippen molar-refractivity contribution >= 4 is 29.1 Å². The molecular weight excluding hydrogens is 410 g/mol. The molecule has 0 aliphatic carbocycles. The summed E-state index contributed by atoms with van der Waals surface area (Å²) >= 11 is 0. The van der Waals surface area contributed by atoms with E-state index in [9.17, 15) is 19.5 Å². The third-order valence-corrected chi connectivity index (χ3v) is 5.32. The van der Waals surface area contributed by atoms with Gasteiger partial charge in [-0.2, -0.15) is 0 Å². The van der Waals surface area contributed by atoms with Crippen LogP contribution < -0.4 is 9.64 Å². The van der Waals surface area contributed by atoms with Crippen LogP contribution in [0.5, 0.6) is 5.75 Å². The van der Waals surface area contributed by atoms with Gasteiger partial charge in [0.2, 0.25) is 0 Å². The van der Waals surface area contributed by atoms with E-state index in [-0.39, 0.29) is 16.9 Å². The molecular formula is C25H19NO6. The van der Waals surface area contributed by atoms with Crippen LogP contribution in [0.3, 0.4) is 0 Å². The normalized spacial score (nSPS) is 17.4. The average Bonchev–Trinajstić information content (AvgIpc) is 3.09. The zero-order valence-corrected chi connectivity index (χ0v) is 17.1. The number of nitrogens with zero attached hydrogens (tertiary/aromatic N) is 1. The monoisotopic (exact) mass is 429 g/mol. The highest BCUT2D eigenvalue weighted by atomic mass is 16.5. The number of anilines is 1. The van der Waals surface area contributed by atoms with Crippen molar-refractivity contribution in [3.63, 3.8) is 0 Å². The van der Waals surface area contributed by atoms with Crippen LogP contribution in [0.15, 0.2) is 84.4 Å². The van der Waals surface area contributed by atoms with Crippen molar-refractivity contribution in [2.45, 2.75) is 6.04 Å². The number of ketones is 1. The van der Waals surface area contributed by atoms with Crippen LogP contribution in [0.2, 0.25) is 0 Å². The Bertz CT molecular complexity index is 1210. The summed E-state index contributed by atoms with van der Waals surface area (Å²) in [7, 11) is 1.52. The van der Waals surface area contributed by atoms with Gasteiger partial charge in [-0.05, 0) is 54.1 Å². The van der Waals surface area contributed by atoms with Gasteiger partial charge in [0.05, 0.1) is 24.3 Å². The number of carboxylic acids is 1. The van der Waals surface area contributed by atoms with E-state index >= 15 is 0 Å². The molecule has 4 rings (SSSR count). The molecule has 1 fully saturated rings. The Labute approximate surface area is 183 Å². The molecule has 2 N–H and O–H groups in total. The van der Waals surface area contributed by atoms with Crippen molar-refractivity contribution in [1.29, 1.82) is 0 Å². The van der Waals surface area contributed by atoms with Crippen LogP contribution in [0.4, 0.5) is 5.69 Å². The predicted molar refractivity (Wildman–Crippen MR) is 118 cm³/mol. The lowest BCUT2D eigenvalue weighted by atomic mass is 9.95. The summed E-state index contributed by atoms with van der Waals surface area (Å²) in [4.78, 5) is 38.6. The van der Waals surface area contributed by atoms with Gasteiger partial charge in [0.15, 0.2) is 0 Å². The maximum atomic E-state index is 13.1. The second kappa shape index (κ2) is 8.39. The first-order valence-electron chi connectivity index (χ1n) is 9.76. The minimum atomic E-state index is -1.10. The van der Waals surface area contributed by atoms with Crippen LogP contribution in [-0.2, 0) is 9.59 Å². The summed E-state index contributed by atoms with van der Waals surface area (Å²) in [5.74, 6) is -2.45. The molecule has 1 aliphatic heterocycles. The minimum absolute atomic E-state index is 0.0475. The number of aromatic carboxylic acids is 1. The van der Waals surface area contributed by atoms with E-state index in [1.165, 1.54) is 36.3 Å². The van der Waals surface area contributed by atoms with E-state index < -0.39 is 23.7 Å². The number of aliphatic hydroxyl groups excluding tert-OH is 1. The van der Waals surface area contributed by atoms with Gasteiger partial charge in [0.1, 0.15) is 11.5 Å². The molecule has 32 heavy (non-hydrogen) atoms. The molecule has 7 heteroatoms. The molecule has 0 radical (unpaired) electrons. The van der Waals surface area contributed by atoms with Crippen molar-refractivity contribution in [3.8, 4) is 5.75 Å². The lowest BCUT2D eigenvalue weighted by molar-refractivity contribution is -0.132. The topological polar surface area (TPSA) is 104 Å². The van der Waals surface area contributed by atoms with Gasteiger partial charge in [0.25, 0.3) is 11.7 Å². The third-order valence-electron chi connectivity index (χ3n) is 5.32. The number of benzene rings is 3. The highest BCUT2D eigenvalue weighted by Crippen LogP contribution is 2.42. The van der Waals surface area contributed by atoms with Crippen LogP contribution in [0.25, 0.3) is 5.76 Å². The van der Waals surface area contributed by atoms with E-state index in [1.807, 2.05) is 0 Å². The number of rotatable bonds is 5. The number of amides is 1. The Morgan fingerprint density at radius 2 is 1.44 bits per heavy atom. The highest BCUT2D eigenvalue weighted by molar-refractivity contribution is 6.51. The number of methoxy groups -OCH3 is 1. The number of Topliss-reactive ketones (excluding diaryl/α,β-unsaturated/α-hetero) is 1. The van der Waals surface area contributed by atoms with Crippen LogP contribution >= 0.6 is 0 Å². The molecule has 160 valence electrons. The average molecular weight is 429 g/mol. The predicted octanol–water partition coefficient (Wildman–Crippen LogP) is 4.02. The van der Waals surface area contributed by atoms with Crippen molar-refractivity contribution in [3.05, 3.63) is 101 Å². The Balaban J connectivity index is 1.88. The van der Waals surface area contributed by atoms with Crippen LogP contribution in [0.1, 0.15) is 27.5 Å². The summed E-state index contributed by atoms with van der Waals surface area (Å²) in [6.07, 6.45) is 0. The second-order valence-electron chi connectivity index (χ2n) is 7.16. The highest BCUT2D eigenvalue weighted by Gasteiger charge is 2.46. The molecule has 7 nitrogen and oxygen atoms in total. The molecule has 1 aliphatic rings. The molecule has 3 aromatic carbocycles. The quantitative estimate of drug-likeness (QED) is 0.361. The number of ether oxygens (including phenoxy) is 1. The van der Waals surface area contributed by atoms with E-state index in [2.05, 4.69) is 0 Å². The molecule has 0 bridgehead atoms. The summed E-state index contributed by atoms with van der Waals surface area (Å²) in [5.41, 5.74) is 1.35. The summed E-state index contributed by atoms with van der Waals surface area (Å²) in [6, 6.07) is 20.2. The molecule has 1 heterocycles. The molecule has 1 saturated heterocycles. The van der Waals surface area contributed by atoms with Crippen LogP contribution in [0, 0.1) is 0 Å². The van der Waals surface area contributed by atoms with Gasteiger partial charge in [0, 0.05) is 11.3 Å². The molecule has 0 unspecified atom stereocenters. The maximum Gasteiger partial charge on any atom is 0.335 e. The third kappa shape index (κ3) is 3.60. The van der Waals surface area contributed by atoms with Crippen molar-refractivity contribution in [2.75, 3.05) is 12.0 Å². The van der Waals surface area contributed by atoms with Gasteiger partial charge < -0.3 is 14.9 Å². The smallest absolute Gasteiger partial charge is 0.335 e. The SMILES string of the molecule is COc1ccc(/C(O)=C2\C(=O)C(=O)N(c3ccc(C(=O)O)cc3)[C@@H]2c2ccccc2)cc1. The first-order valence-corrected chi connectivity index (χ1v) is 9.76. The number of hydrogen-bond donors (Lipinski definition) is 2. The molecule has 0 saturated carbocycles. The molecule has 1 amide bonds. The van der Waals surface area contributed by atoms with Crippen molar-refractivity contribution < 1.29 is 29.3 Å². The van der Waals surface area contributed by atoms with Gasteiger partial charge in [-0.1, -0.05) is 30.3 Å². The van der Waals surface area contributed by atoms with Gasteiger partial charge in [-0.25, -0.2) is 4.79 Å². The van der Waals surface area contributed by atoms with Gasteiger partial charge in [-0.15, -0.1) is 0 Å². The summed E-state index contributed by atoms with van der Waals surface area (Å²) in [5, 5.41) is 20.2. The lowest BCUT2D eigenvalue weighted by Crippen LogP contribution is -2.29. The van der Waals surface area contributed by atoms with Crippen LogP contribution in [-0.4, -0.2) is 35.0 Å². The van der Waals surface area contributed by atoms with Gasteiger partial charge >= 0.3 is 5.97 Å². The zero-order chi connectivity index (χ0) is 22.8. The molecule has 0 aromatic heterocycles. The standard InChI is InChI=1S/C25H19NO6/c1-32-19-13-9-16(10-14-19)22(27)20-21(15-5-3-2-4-6-15)26(24(29)23(20)28)18-11-7-17(8-12-18)25(30)31/h2-14,21,27H,1H3,(H,30,31)/b22-20+/t21-/m1/s1. The first kappa shape index (κ1) is 20.9. The zero-order valence-electron chi connectivity index (χ0n) is 17.1. The van der Waals surface area contributed by atoms with Crippen molar-refractivity contribution in [1.82, 2.24) is 0 Å². The first-order chi connectivity index (χ1) is 15.4. The van der Waals surface area contributed by atoms with E-state index in [0.29, 0.717) is 22.6 Å². The molecule has 1 atom stereocenters. The fourth-order valence-electron chi connectivity index (χ4n) is 3.72. The number of carbonyl (C=O) groups excluding carboxylic acids is 2. The Hall–Kier alpha value is -4.39.